The van der Waals surface area contributed by atoms with Crippen LogP contribution in [-0.2, 0) is 6.54 Å². The van der Waals surface area contributed by atoms with Gasteiger partial charge in [0.15, 0.2) is 0 Å². The number of hydrogen-bond donors (Lipinski definition) is 1. The van der Waals surface area contributed by atoms with Crippen LogP contribution in [0, 0.1) is 5.92 Å². The highest BCUT2D eigenvalue weighted by atomic mass is 35.5. The van der Waals surface area contributed by atoms with E-state index in [1.165, 1.54) is 0 Å². The summed E-state index contributed by atoms with van der Waals surface area (Å²) < 4.78 is 5.91. The molecule has 0 aliphatic rings. The molecule has 1 N–H and O–H groups in total. The Morgan fingerprint density at radius 3 is 2.61 bits per heavy atom. The predicted octanol–water partition coefficient (Wildman–Crippen LogP) is 4.26. The summed E-state index contributed by atoms with van der Waals surface area (Å²) in [5.74, 6) is 1.47. The molecule has 18 heavy (non-hydrogen) atoms. The number of nitrogens with one attached hydrogen (secondary N) is 1. The Kier molecular flexibility index (Phi) is 6.51. The van der Waals surface area contributed by atoms with Gasteiger partial charge in [-0.1, -0.05) is 44.5 Å². The van der Waals surface area contributed by atoms with E-state index in [1.54, 1.807) is 0 Å². The van der Waals surface area contributed by atoms with Crippen LogP contribution in [0.5, 0.6) is 5.75 Å². The topological polar surface area (TPSA) is 21.3 Å². The number of halogens is 1. The predicted molar refractivity (Wildman–Crippen MR) is 78.4 cm³/mol. The lowest BCUT2D eigenvalue weighted by molar-refractivity contribution is 0.215. The Morgan fingerprint density at radius 1 is 1.28 bits per heavy atom. The molecule has 0 saturated heterocycles. The van der Waals surface area contributed by atoms with Gasteiger partial charge in [0.05, 0.1) is 11.1 Å². The fourth-order valence-corrected chi connectivity index (χ4v) is 1.84. The molecule has 0 aromatic heterocycles. The Morgan fingerprint density at radius 2 is 2.00 bits per heavy atom. The largest absolute Gasteiger partial charge is 0.489 e. The molecular formula is C15H24ClNO. The van der Waals surface area contributed by atoms with Crippen molar-refractivity contribution < 1.29 is 4.74 Å². The zero-order valence-corrected chi connectivity index (χ0v) is 12.6. The summed E-state index contributed by atoms with van der Waals surface area (Å²) in [6.45, 7) is 10.4. The van der Waals surface area contributed by atoms with Crippen molar-refractivity contribution in [3.63, 3.8) is 0 Å². The lowest BCUT2D eigenvalue weighted by Gasteiger charge is -2.18. The molecule has 1 aromatic rings. The van der Waals surface area contributed by atoms with Gasteiger partial charge in [0, 0.05) is 12.1 Å². The van der Waals surface area contributed by atoms with E-state index in [-0.39, 0.29) is 6.10 Å². The van der Waals surface area contributed by atoms with Crippen molar-refractivity contribution in [2.45, 2.75) is 46.8 Å². The van der Waals surface area contributed by atoms with Crippen molar-refractivity contribution in [2.24, 2.45) is 5.92 Å². The SMILES string of the molecule is CCC(C)Oc1c(Cl)cccc1CNCC(C)C. The van der Waals surface area contributed by atoms with Crippen molar-refractivity contribution in [3.05, 3.63) is 28.8 Å². The van der Waals surface area contributed by atoms with Crippen LogP contribution >= 0.6 is 11.6 Å². The van der Waals surface area contributed by atoms with E-state index in [0.29, 0.717) is 10.9 Å². The van der Waals surface area contributed by atoms with E-state index in [2.05, 4.69) is 39.1 Å². The number of para-hydroxylation sites is 1. The zero-order valence-electron chi connectivity index (χ0n) is 11.8. The molecule has 2 nitrogen and oxygen atoms in total. The molecule has 0 bridgehead atoms. The summed E-state index contributed by atoms with van der Waals surface area (Å²) in [7, 11) is 0. The second-order valence-corrected chi connectivity index (χ2v) is 5.50. The van der Waals surface area contributed by atoms with Gasteiger partial charge in [-0.2, -0.15) is 0 Å². The van der Waals surface area contributed by atoms with Crippen molar-refractivity contribution in [1.82, 2.24) is 5.32 Å². The maximum absolute atomic E-state index is 6.22. The van der Waals surface area contributed by atoms with E-state index < -0.39 is 0 Å². The minimum absolute atomic E-state index is 0.189. The Labute approximate surface area is 116 Å². The first-order valence-corrected chi connectivity index (χ1v) is 7.07. The first-order chi connectivity index (χ1) is 8.54. The fourth-order valence-electron chi connectivity index (χ4n) is 1.60. The summed E-state index contributed by atoms with van der Waals surface area (Å²) in [4.78, 5) is 0. The van der Waals surface area contributed by atoms with E-state index in [9.17, 15) is 0 Å². The van der Waals surface area contributed by atoms with Crippen LogP contribution in [0.15, 0.2) is 18.2 Å². The normalized spacial score (nSPS) is 12.8. The third-order valence-electron chi connectivity index (χ3n) is 2.81. The van der Waals surface area contributed by atoms with Crippen molar-refractivity contribution in [3.8, 4) is 5.75 Å². The summed E-state index contributed by atoms with van der Waals surface area (Å²) >= 11 is 6.22. The van der Waals surface area contributed by atoms with Gasteiger partial charge in [-0.3, -0.25) is 0 Å². The molecule has 0 aliphatic heterocycles. The number of rotatable bonds is 7. The van der Waals surface area contributed by atoms with Crippen LogP contribution in [0.2, 0.25) is 5.02 Å². The van der Waals surface area contributed by atoms with Gasteiger partial charge < -0.3 is 10.1 Å². The van der Waals surface area contributed by atoms with Crippen LogP contribution in [0.3, 0.4) is 0 Å². The number of benzene rings is 1. The molecule has 0 saturated carbocycles. The smallest absolute Gasteiger partial charge is 0.142 e. The Bertz CT molecular complexity index is 366. The summed E-state index contributed by atoms with van der Waals surface area (Å²) in [5.41, 5.74) is 1.13. The van der Waals surface area contributed by atoms with Crippen molar-refractivity contribution in [2.75, 3.05) is 6.54 Å². The quantitative estimate of drug-likeness (QED) is 0.798. The highest BCUT2D eigenvalue weighted by molar-refractivity contribution is 6.32. The Hall–Kier alpha value is -0.730. The number of ether oxygens (including phenoxy) is 1. The van der Waals surface area contributed by atoms with Gasteiger partial charge >= 0.3 is 0 Å². The van der Waals surface area contributed by atoms with Crippen LogP contribution in [-0.4, -0.2) is 12.6 Å². The molecule has 1 atom stereocenters. The van der Waals surface area contributed by atoms with Gasteiger partial charge in [-0.05, 0) is 31.9 Å². The van der Waals surface area contributed by atoms with Gasteiger partial charge in [-0.15, -0.1) is 0 Å². The summed E-state index contributed by atoms with van der Waals surface area (Å²) in [6.07, 6.45) is 1.16. The first kappa shape index (κ1) is 15.3. The van der Waals surface area contributed by atoms with Crippen LogP contribution < -0.4 is 10.1 Å². The molecule has 0 heterocycles. The molecule has 0 radical (unpaired) electrons. The average molecular weight is 270 g/mol. The molecule has 1 unspecified atom stereocenters. The van der Waals surface area contributed by atoms with Gasteiger partial charge in [-0.25, -0.2) is 0 Å². The monoisotopic (exact) mass is 269 g/mol. The molecule has 0 fully saturated rings. The van der Waals surface area contributed by atoms with Crippen molar-refractivity contribution in [1.29, 1.82) is 0 Å². The minimum atomic E-state index is 0.189. The molecule has 0 aliphatic carbocycles. The van der Waals surface area contributed by atoms with Crippen molar-refractivity contribution >= 4 is 11.6 Å². The second-order valence-electron chi connectivity index (χ2n) is 5.09. The summed E-state index contributed by atoms with van der Waals surface area (Å²) in [6, 6.07) is 5.92. The molecule has 1 aromatic carbocycles. The Balaban J connectivity index is 2.73. The fraction of sp³-hybridized carbons (Fsp3) is 0.600. The molecule has 0 spiro atoms. The molecular weight excluding hydrogens is 246 g/mol. The van der Waals surface area contributed by atoms with Gasteiger partial charge in [0.25, 0.3) is 0 Å². The van der Waals surface area contributed by atoms with E-state index in [1.807, 2.05) is 12.1 Å². The molecule has 0 amide bonds. The van der Waals surface area contributed by atoms with Crippen LogP contribution in [0.25, 0.3) is 0 Å². The van der Waals surface area contributed by atoms with Crippen LogP contribution in [0.4, 0.5) is 0 Å². The maximum atomic E-state index is 6.22. The van der Waals surface area contributed by atoms with Gasteiger partial charge in [0.2, 0.25) is 0 Å². The third-order valence-corrected chi connectivity index (χ3v) is 3.11. The minimum Gasteiger partial charge on any atom is -0.489 e. The van der Waals surface area contributed by atoms with E-state index in [0.717, 1.165) is 30.8 Å². The standard InChI is InChI=1S/C15H24ClNO/c1-5-12(4)18-15-13(7-6-8-14(15)16)10-17-9-11(2)3/h6-8,11-12,17H,5,9-10H2,1-4H3. The molecule has 1 rings (SSSR count). The molecule has 3 heteroatoms. The number of hydrogen-bond acceptors (Lipinski definition) is 2. The third kappa shape index (κ3) is 4.87. The van der Waals surface area contributed by atoms with E-state index in [4.69, 9.17) is 16.3 Å². The first-order valence-electron chi connectivity index (χ1n) is 6.69. The lowest BCUT2D eigenvalue weighted by atomic mass is 10.1. The highest BCUT2D eigenvalue weighted by Gasteiger charge is 2.11. The average Bonchev–Trinajstić information content (AvgIpc) is 2.32. The zero-order chi connectivity index (χ0) is 13.5. The van der Waals surface area contributed by atoms with Gasteiger partial charge in [0.1, 0.15) is 5.75 Å². The molecule has 102 valence electrons. The maximum Gasteiger partial charge on any atom is 0.142 e. The van der Waals surface area contributed by atoms with E-state index >= 15 is 0 Å². The van der Waals surface area contributed by atoms with Crippen LogP contribution in [0.1, 0.15) is 39.7 Å². The lowest BCUT2D eigenvalue weighted by Crippen LogP contribution is -2.20. The summed E-state index contributed by atoms with van der Waals surface area (Å²) in [5, 5.41) is 4.12. The second kappa shape index (κ2) is 7.65. The highest BCUT2D eigenvalue weighted by Crippen LogP contribution is 2.30.